The smallest absolute Gasteiger partial charge is 0.168 e. The van der Waals surface area contributed by atoms with E-state index in [0.29, 0.717) is 22.8 Å². The molecule has 0 saturated heterocycles. The van der Waals surface area contributed by atoms with Gasteiger partial charge in [-0.05, 0) is 24.3 Å². The zero-order chi connectivity index (χ0) is 16.2. The van der Waals surface area contributed by atoms with E-state index in [9.17, 15) is 0 Å². The van der Waals surface area contributed by atoms with Crippen molar-refractivity contribution < 1.29 is 4.42 Å². The summed E-state index contributed by atoms with van der Waals surface area (Å²) in [6.07, 6.45) is 3.19. The van der Waals surface area contributed by atoms with Gasteiger partial charge in [-0.2, -0.15) is 0 Å². The van der Waals surface area contributed by atoms with E-state index in [4.69, 9.17) is 21.3 Å². The van der Waals surface area contributed by atoms with Crippen LogP contribution in [0.4, 0.5) is 5.69 Å². The normalized spacial score (nSPS) is 11.4. The number of nitrogens with two attached hydrogens (primary N) is 2. The minimum Gasteiger partial charge on any atom is -0.461 e. The fraction of sp³-hybridized carbons (Fsp3) is 0. The van der Waals surface area contributed by atoms with Gasteiger partial charge in [-0.3, -0.25) is 10.4 Å². The monoisotopic (exact) mass is 305 g/mol. The first-order valence-corrected chi connectivity index (χ1v) is 6.92. The van der Waals surface area contributed by atoms with Crippen LogP contribution < -0.4 is 11.5 Å². The Morgan fingerprint density at radius 2 is 1.83 bits per heavy atom. The van der Waals surface area contributed by atoms with E-state index in [0.717, 1.165) is 11.3 Å². The maximum absolute atomic E-state index is 7.39. The molecule has 6 nitrogen and oxygen atoms in total. The van der Waals surface area contributed by atoms with Gasteiger partial charge in [0.15, 0.2) is 11.6 Å². The first kappa shape index (κ1) is 14.5. The molecule has 0 fully saturated rings. The lowest BCUT2D eigenvalue weighted by molar-refractivity contribution is 0.557. The SMILES string of the molecule is N=C(N)c1ccc(-c2ccc(N=C(N)c3ccco3)cn2)cc1. The second kappa shape index (κ2) is 6.15. The van der Waals surface area contributed by atoms with Crippen LogP contribution in [0.3, 0.4) is 0 Å². The molecule has 0 spiro atoms. The molecule has 0 aliphatic heterocycles. The van der Waals surface area contributed by atoms with E-state index in [2.05, 4.69) is 9.98 Å². The molecule has 3 rings (SSSR count). The molecule has 23 heavy (non-hydrogen) atoms. The third-order valence-corrected chi connectivity index (χ3v) is 3.26. The van der Waals surface area contributed by atoms with E-state index < -0.39 is 0 Å². The molecule has 2 aromatic heterocycles. The maximum Gasteiger partial charge on any atom is 0.168 e. The Kier molecular flexibility index (Phi) is 3.88. The summed E-state index contributed by atoms with van der Waals surface area (Å²) in [5, 5.41) is 7.39. The number of aliphatic imine (C=N–C) groups is 1. The van der Waals surface area contributed by atoms with Crippen LogP contribution in [0.2, 0.25) is 0 Å². The van der Waals surface area contributed by atoms with Crippen molar-refractivity contribution in [2.45, 2.75) is 0 Å². The molecule has 0 amide bonds. The number of nitrogens with one attached hydrogen (secondary N) is 1. The molecule has 0 aliphatic carbocycles. The van der Waals surface area contributed by atoms with Gasteiger partial charge in [-0.25, -0.2) is 4.99 Å². The van der Waals surface area contributed by atoms with E-state index in [1.54, 1.807) is 36.7 Å². The molecule has 2 heterocycles. The van der Waals surface area contributed by atoms with Gasteiger partial charge in [0.1, 0.15) is 5.84 Å². The highest BCUT2D eigenvalue weighted by atomic mass is 16.3. The summed E-state index contributed by atoms with van der Waals surface area (Å²) in [5.74, 6) is 0.867. The number of pyridine rings is 1. The largest absolute Gasteiger partial charge is 0.461 e. The number of benzene rings is 1. The molecule has 6 heteroatoms. The molecule has 0 radical (unpaired) electrons. The van der Waals surface area contributed by atoms with E-state index in [1.807, 2.05) is 24.3 Å². The number of amidine groups is 2. The number of hydrogen-bond donors (Lipinski definition) is 3. The summed E-state index contributed by atoms with van der Waals surface area (Å²) in [6, 6.07) is 14.5. The highest BCUT2D eigenvalue weighted by Crippen LogP contribution is 2.20. The summed E-state index contributed by atoms with van der Waals surface area (Å²) < 4.78 is 5.19. The second-order valence-corrected chi connectivity index (χ2v) is 4.87. The summed E-state index contributed by atoms with van der Waals surface area (Å²) in [4.78, 5) is 8.65. The second-order valence-electron chi connectivity index (χ2n) is 4.87. The van der Waals surface area contributed by atoms with Gasteiger partial charge >= 0.3 is 0 Å². The van der Waals surface area contributed by atoms with E-state index in [1.165, 1.54) is 0 Å². The first-order chi connectivity index (χ1) is 11.1. The fourth-order valence-corrected chi connectivity index (χ4v) is 2.06. The van der Waals surface area contributed by atoms with Gasteiger partial charge in [-0.15, -0.1) is 0 Å². The fourth-order valence-electron chi connectivity index (χ4n) is 2.06. The average Bonchev–Trinajstić information content (AvgIpc) is 3.10. The van der Waals surface area contributed by atoms with Crippen LogP contribution in [-0.2, 0) is 0 Å². The minimum atomic E-state index is 0.0441. The van der Waals surface area contributed by atoms with Crippen LogP contribution in [0.25, 0.3) is 11.3 Å². The number of hydrogen-bond acceptors (Lipinski definition) is 4. The molecule has 114 valence electrons. The Hall–Kier alpha value is -3.41. The predicted molar refractivity (Wildman–Crippen MR) is 89.8 cm³/mol. The van der Waals surface area contributed by atoms with E-state index in [-0.39, 0.29) is 5.84 Å². The van der Waals surface area contributed by atoms with Crippen molar-refractivity contribution >= 4 is 17.4 Å². The van der Waals surface area contributed by atoms with Crippen molar-refractivity contribution in [1.29, 1.82) is 5.41 Å². The van der Waals surface area contributed by atoms with Crippen molar-refractivity contribution in [2.24, 2.45) is 16.5 Å². The quantitative estimate of drug-likeness (QED) is 0.507. The molecule has 5 N–H and O–H groups in total. The standard InChI is InChI=1S/C17H15N5O/c18-16(19)12-5-3-11(4-6-12)14-8-7-13(10-21-14)22-17(20)15-2-1-9-23-15/h1-10H,(H3,18,19)(H2,20,22). The summed E-state index contributed by atoms with van der Waals surface area (Å²) in [7, 11) is 0. The lowest BCUT2D eigenvalue weighted by atomic mass is 10.1. The predicted octanol–water partition coefficient (Wildman–Crippen LogP) is 2.66. The van der Waals surface area contributed by atoms with Gasteiger partial charge in [0.25, 0.3) is 0 Å². The Morgan fingerprint density at radius 1 is 1.04 bits per heavy atom. The lowest BCUT2D eigenvalue weighted by Gasteiger charge is -2.03. The summed E-state index contributed by atoms with van der Waals surface area (Å²) >= 11 is 0. The number of nitrogen functional groups attached to an aromatic ring is 1. The zero-order valence-corrected chi connectivity index (χ0v) is 12.2. The third-order valence-electron chi connectivity index (χ3n) is 3.26. The molecule has 0 atom stereocenters. The molecule has 0 aliphatic rings. The number of rotatable bonds is 4. The Bertz CT molecular complexity index is 834. The maximum atomic E-state index is 7.39. The topological polar surface area (TPSA) is 114 Å². The molecule has 0 unspecified atom stereocenters. The Labute approximate surface area is 133 Å². The first-order valence-electron chi connectivity index (χ1n) is 6.92. The lowest BCUT2D eigenvalue weighted by Crippen LogP contribution is -2.11. The van der Waals surface area contributed by atoms with Crippen molar-refractivity contribution in [3.05, 3.63) is 72.3 Å². The molecule has 0 bridgehead atoms. The summed E-state index contributed by atoms with van der Waals surface area (Å²) in [6.45, 7) is 0. The highest BCUT2D eigenvalue weighted by Gasteiger charge is 2.04. The van der Waals surface area contributed by atoms with Crippen molar-refractivity contribution in [3.8, 4) is 11.3 Å². The van der Waals surface area contributed by atoms with Gasteiger partial charge in [0.05, 0.1) is 23.8 Å². The van der Waals surface area contributed by atoms with Crippen molar-refractivity contribution in [1.82, 2.24) is 4.98 Å². The van der Waals surface area contributed by atoms with Crippen LogP contribution in [0.5, 0.6) is 0 Å². The van der Waals surface area contributed by atoms with Crippen LogP contribution in [0, 0.1) is 5.41 Å². The number of nitrogens with zero attached hydrogens (tertiary/aromatic N) is 2. The highest BCUT2D eigenvalue weighted by molar-refractivity contribution is 5.96. The van der Waals surface area contributed by atoms with Crippen molar-refractivity contribution in [2.75, 3.05) is 0 Å². The average molecular weight is 305 g/mol. The van der Waals surface area contributed by atoms with Gasteiger partial charge in [-0.1, -0.05) is 24.3 Å². The van der Waals surface area contributed by atoms with E-state index >= 15 is 0 Å². The molecular formula is C17H15N5O. The molecule has 0 saturated carbocycles. The van der Waals surface area contributed by atoms with Gasteiger partial charge in [0, 0.05) is 11.1 Å². The molecule has 1 aromatic carbocycles. The van der Waals surface area contributed by atoms with Gasteiger partial charge in [0.2, 0.25) is 0 Å². The number of aromatic nitrogens is 1. The van der Waals surface area contributed by atoms with Crippen LogP contribution in [-0.4, -0.2) is 16.7 Å². The third kappa shape index (κ3) is 3.26. The Morgan fingerprint density at radius 3 is 2.39 bits per heavy atom. The van der Waals surface area contributed by atoms with Crippen LogP contribution in [0.1, 0.15) is 11.3 Å². The zero-order valence-electron chi connectivity index (χ0n) is 12.2. The molecule has 3 aromatic rings. The summed E-state index contributed by atoms with van der Waals surface area (Å²) in [5.41, 5.74) is 14.4. The molecular weight excluding hydrogens is 290 g/mol. The minimum absolute atomic E-state index is 0.0441. The number of furan rings is 1. The Balaban J connectivity index is 1.82. The van der Waals surface area contributed by atoms with Gasteiger partial charge < -0.3 is 15.9 Å². The van der Waals surface area contributed by atoms with Crippen LogP contribution >= 0.6 is 0 Å². The van der Waals surface area contributed by atoms with Crippen molar-refractivity contribution in [3.63, 3.8) is 0 Å². The van der Waals surface area contributed by atoms with Crippen LogP contribution in [0.15, 0.2) is 70.4 Å².